The van der Waals surface area contributed by atoms with Gasteiger partial charge in [0.1, 0.15) is 11.0 Å². The Morgan fingerprint density at radius 3 is 2.33 bits per heavy atom. The highest BCUT2D eigenvalue weighted by Crippen LogP contribution is 2.23. The van der Waals surface area contributed by atoms with Crippen LogP contribution < -0.4 is 0 Å². The van der Waals surface area contributed by atoms with E-state index in [0.717, 1.165) is 82.9 Å². The Balaban J connectivity index is 0.000000201. The number of nitrogens with zero attached hydrogens (tertiary/aromatic N) is 4. The van der Waals surface area contributed by atoms with Gasteiger partial charge >= 0.3 is 6.09 Å². The molecule has 3 aliphatic rings. The molecule has 0 bridgehead atoms. The summed E-state index contributed by atoms with van der Waals surface area (Å²) in [7, 11) is 0.333. The molecule has 0 aliphatic carbocycles. The van der Waals surface area contributed by atoms with E-state index in [1.54, 1.807) is 17.0 Å². The fourth-order valence-electron chi connectivity index (χ4n) is 5.68. The average molecular weight is 591 g/mol. The van der Waals surface area contributed by atoms with E-state index in [4.69, 9.17) is 11.6 Å². The van der Waals surface area contributed by atoms with Crippen LogP contribution in [0, 0.1) is 0 Å². The van der Waals surface area contributed by atoms with Crippen LogP contribution >= 0.6 is 11.6 Å². The molecule has 0 spiro atoms. The number of rotatable bonds is 6. The summed E-state index contributed by atoms with van der Waals surface area (Å²) in [5.41, 5.74) is 1.37. The zero-order chi connectivity index (χ0) is 28.3. The summed E-state index contributed by atoms with van der Waals surface area (Å²) < 4.78 is 14.4. The first-order valence-corrected chi connectivity index (χ1v) is 15.9. The molecule has 3 saturated heterocycles. The highest BCUT2D eigenvalue weighted by molar-refractivity contribution is 7.82. The molecule has 0 radical (unpaired) electrons. The molecular weight excluding hydrogens is 548 g/mol. The van der Waals surface area contributed by atoms with Crippen molar-refractivity contribution in [3.63, 3.8) is 0 Å². The van der Waals surface area contributed by atoms with Gasteiger partial charge in [-0.1, -0.05) is 48.4 Å². The third-order valence-electron chi connectivity index (χ3n) is 7.95. The van der Waals surface area contributed by atoms with Crippen molar-refractivity contribution in [2.24, 2.45) is 0 Å². The molecule has 220 valence electrons. The van der Waals surface area contributed by atoms with Gasteiger partial charge < -0.3 is 4.90 Å². The van der Waals surface area contributed by atoms with Gasteiger partial charge in [-0.2, -0.15) is 4.89 Å². The molecule has 10 heteroatoms. The van der Waals surface area contributed by atoms with Crippen molar-refractivity contribution in [1.29, 1.82) is 0 Å². The van der Waals surface area contributed by atoms with Crippen LogP contribution in [0.25, 0.3) is 0 Å². The van der Waals surface area contributed by atoms with Gasteiger partial charge in [0, 0.05) is 69.5 Å². The first-order valence-electron chi connectivity index (χ1n) is 14.4. The van der Waals surface area contributed by atoms with E-state index in [1.807, 2.05) is 12.1 Å². The number of halogens is 1. The Labute approximate surface area is 246 Å². The van der Waals surface area contributed by atoms with Crippen LogP contribution in [0.1, 0.15) is 44.6 Å². The van der Waals surface area contributed by atoms with Gasteiger partial charge in [-0.3, -0.25) is 14.7 Å². The zero-order valence-corrected chi connectivity index (χ0v) is 25.3. The van der Waals surface area contributed by atoms with Crippen molar-refractivity contribution in [2.45, 2.75) is 62.6 Å². The number of carbonyl (C=O) groups excluding carboxylic acids is 1. The Kier molecular flexibility index (Phi) is 12.3. The lowest BCUT2D eigenvalue weighted by Crippen LogP contribution is -2.55. The van der Waals surface area contributed by atoms with Crippen molar-refractivity contribution >= 4 is 28.7 Å². The second kappa shape index (κ2) is 15.8. The van der Waals surface area contributed by atoms with Gasteiger partial charge in [-0.25, -0.2) is 13.3 Å². The van der Waals surface area contributed by atoms with Crippen LogP contribution in [0.4, 0.5) is 4.79 Å². The predicted octanol–water partition coefficient (Wildman–Crippen LogP) is 5.20. The summed E-state index contributed by atoms with van der Waals surface area (Å²) in [6.07, 6.45) is 5.33. The predicted molar refractivity (Wildman–Crippen MR) is 159 cm³/mol. The van der Waals surface area contributed by atoms with Crippen LogP contribution in [-0.4, -0.2) is 94.3 Å². The molecule has 2 aromatic rings. The van der Waals surface area contributed by atoms with Crippen LogP contribution in [0.3, 0.4) is 0 Å². The third kappa shape index (κ3) is 8.99. The lowest BCUT2D eigenvalue weighted by Gasteiger charge is -2.42. The Morgan fingerprint density at radius 2 is 1.65 bits per heavy atom. The smallest absolute Gasteiger partial charge is 0.304 e. The van der Waals surface area contributed by atoms with E-state index in [9.17, 15) is 9.00 Å². The second-order valence-corrected chi connectivity index (χ2v) is 12.6. The van der Waals surface area contributed by atoms with E-state index < -0.39 is 11.0 Å². The summed E-state index contributed by atoms with van der Waals surface area (Å²) in [5, 5.41) is 0.687. The molecule has 0 saturated carbocycles. The molecule has 3 fully saturated rings. The van der Waals surface area contributed by atoms with E-state index >= 15 is 0 Å². The molecule has 2 unspecified atom stereocenters. The third-order valence-corrected chi connectivity index (χ3v) is 9.85. The quantitative estimate of drug-likeness (QED) is 0.340. The summed E-state index contributed by atoms with van der Waals surface area (Å²) in [6.45, 7) is 9.86. The maximum Gasteiger partial charge on any atom is 0.441 e. The summed E-state index contributed by atoms with van der Waals surface area (Å²) in [6, 6.07) is 18.8. The van der Waals surface area contributed by atoms with Crippen molar-refractivity contribution in [3.8, 4) is 0 Å². The molecule has 3 atom stereocenters. The minimum absolute atomic E-state index is 0.370. The molecule has 40 heavy (non-hydrogen) atoms. The van der Waals surface area contributed by atoms with Gasteiger partial charge in [-0.05, 0) is 62.4 Å². The van der Waals surface area contributed by atoms with Crippen LogP contribution in [0.15, 0.2) is 59.5 Å². The molecule has 1 amide bonds. The molecule has 3 aliphatic heterocycles. The number of hydrogen-bond acceptors (Lipinski definition) is 6. The highest BCUT2D eigenvalue weighted by Gasteiger charge is 2.31. The van der Waals surface area contributed by atoms with Gasteiger partial charge in [0.2, 0.25) is 0 Å². The molecule has 3 heterocycles. The SMILES string of the molecule is COOC(=O)N1CCCC(N2CCN(Cc3ccccc3)CC2)C1.C[C@@H]1CCCCN1S(=O)c1ccc(Cl)cc1. The normalized spacial score (nSPS) is 23.6. The summed E-state index contributed by atoms with van der Waals surface area (Å²) in [4.78, 5) is 28.6. The maximum atomic E-state index is 12.3. The van der Waals surface area contributed by atoms with Crippen molar-refractivity contribution in [2.75, 3.05) is 52.9 Å². The van der Waals surface area contributed by atoms with Crippen LogP contribution in [0.2, 0.25) is 5.02 Å². The summed E-state index contributed by atoms with van der Waals surface area (Å²) >= 11 is 5.82. The standard InChI is InChI=1S/C18H27N3O3.C12H16ClNOS/c1-23-24-18(22)21-9-5-8-17(15-21)20-12-10-19(11-13-20)14-16-6-3-2-4-7-16;1-10-4-2-3-9-14(10)16(15)12-7-5-11(13)6-8-12/h2-4,6-7,17H,5,8-15H2,1H3;5-8,10H,2-4,9H2,1H3/t;10-,16?/m.1/s1. The number of amides is 1. The van der Waals surface area contributed by atoms with E-state index in [-0.39, 0.29) is 6.09 Å². The van der Waals surface area contributed by atoms with Crippen molar-refractivity contribution in [3.05, 3.63) is 65.2 Å². The number of piperidine rings is 2. The first-order chi connectivity index (χ1) is 19.4. The number of likely N-dealkylation sites (tertiary alicyclic amines) is 1. The Morgan fingerprint density at radius 1 is 0.925 bits per heavy atom. The number of benzene rings is 2. The van der Waals surface area contributed by atoms with E-state index in [2.05, 4.69) is 61.1 Å². The van der Waals surface area contributed by atoms with Gasteiger partial charge in [0.05, 0.1) is 12.0 Å². The number of carbonyl (C=O) groups is 1. The Hall–Kier alpha value is -2.01. The molecule has 5 rings (SSSR count). The topological polar surface area (TPSA) is 65.6 Å². The van der Waals surface area contributed by atoms with Crippen LogP contribution in [-0.2, 0) is 27.3 Å². The Bertz CT molecular complexity index is 1070. The lowest BCUT2D eigenvalue weighted by molar-refractivity contribution is -0.222. The largest absolute Gasteiger partial charge is 0.441 e. The fraction of sp³-hybridized carbons (Fsp3) is 0.567. The summed E-state index contributed by atoms with van der Waals surface area (Å²) in [5.74, 6) is 0. The van der Waals surface area contributed by atoms with Crippen molar-refractivity contribution < 1.29 is 18.8 Å². The molecule has 2 aromatic carbocycles. The molecular formula is C30H43ClN4O4S. The van der Waals surface area contributed by atoms with E-state index in [0.29, 0.717) is 17.1 Å². The fourth-order valence-corrected chi connectivity index (χ4v) is 7.17. The lowest BCUT2D eigenvalue weighted by atomic mass is 10.0. The van der Waals surface area contributed by atoms with Gasteiger partial charge in [0.25, 0.3) is 0 Å². The highest BCUT2D eigenvalue weighted by atomic mass is 35.5. The molecule has 0 N–H and O–H groups in total. The minimum atomic E-state index is -1.03. The first kappa shape index (κ1) is 30.9. The second-order valence-electron chi connectivity index (χ2n) is 10.7. The minimum Gasteiger partial charge on any atom is -0.304 e. The molecule has 0 aromatic heterocycles. The van der Waals surface area contributed by atoms with Crippen molar-refractivity contribution in [1.82, 2.24) is 19.0 Å². The van der Waals surface area contributed by atoms with Gasteiger partial charge in [0.15, 0.2) is 0 Å². The molecule has 8 nitrogen and oxygen atoms in total. The van der Waals surface area contributed by atoms with Crippen LogP contribution in [0.5, 0.6) is 0 Å². The van der Waals surface area contributed by atoms with Gasteiger partial charge in [-0.15, -0.1) is 0 Å². The monoisotopic (exact) mass is 590 g/mol. The average Bonchev–Trinajstić information content (AvgIpc) is 2.99. The number of hydrogen-bond donors (Lipinski definition) is 0. The zero-order valence-electron chi connectivity index (χ0n) is 23.8. The van der Waals surface area contributed by atoms with E-state index in [1.165, 1.54) is 19.1 Å². The maximum absolute atomic E-state index is 12.3. The number of piperazine rings is 1.